The zero-order valence-electron chi connectivity index (χ0n) is 9.66. The number of rotatable bonds is 4. The summed E-state index contributed by atoms with van der Waals surface area (Å²) in [5.74, 6) is 0. The molecule has 0 radical (unpaired) electrons. The molecule has 0 bridgehead atoms. The molecule has 0 amide bonds. The second kappa shape index (κ2) is 41.5. The monoisotopic (exact) mass is 222 g/mol. The van der Waals surface area contributed by atoms with E-state index in [1.54, 1.807) is 13.8 Å². The minimum absolute atomic E-state index is 0. The second-order valence-corrected chi connectivity index (χ2v) is 2.06. The summed E-state index contributed by atoms with van der Waals surface area (Å²) in [6.45, 7) is 14.5. The Hall–Kier alpha value is 0.623. The molecule has 72 valence electrons. The van der Waals surface area contributed by atoms with Gasteiger partial charge >= 0.3 is 19.5 Å². The van der Waals surface area contributed by atoms with Gasteiger partial charge in [0.15, 0.2) is 0 Å². The van der Waals surface area contributed by atoms with Gasteiger partial charge in [0.05, 0.1) is 0 Å². The summed E-state index contributed by atoms with van der Waals surface area (Å²) in [6.07, 6.45) is 7.01. The Labute approximate surface area is 93.3 Å². The van der Waals surface area contributed by atoms with E-state index in [1.165, 1.54) is 32.1 Å². The van der Waals surface area contributed by atoms with Crippen LogP contribution in [0.25, 0.3) is 0 Å². The van der Waals surface area contributed by atoms with Crippen molar-refractivity contribution in [1.82, 2.24) is 0 Å². The SMILES string of the molecule is CCCCCCC.[CH2-]C.[CH2-]C.[Zn+2]. The van der Waals surface area contributed by atoms with Gasteiger partial charge in [0.1, 0.15) is 0 Å². The summed E-state index contributed by atoms with van der Waals surface area (Å²) in [5.41, 5.74) is 0. The van der Waals surface area contributed by atoms with E-state index in [1.807, 2.05) is 0 Å². The van der Waals surface area contributed by atoms with Gasteiger partial charge in [-0.3, -0.25) is 0 Å². The molecule has 0 aliphatic rings. The Kier molecular flexibility index (Phi) is 79.3. The molecule has 0 rings (SSSR count). The van der Waals surface area contributed by atoms with Crippen molar-refractivity contribution in [2.24, 2.45) is 0 Å². The van der Waals surface area contributed by atoms with Crippen molar-refractivity contribution in [2.75, 3.05) is 0 Å². The molecule has 0 unspecified atom stereocenters. The summed E-state index contributed by atoms with van der Waals surface area (Å²) in [6, 6.07) is 0. The molecule has 0 heterocycles. The van der Waals surface area contributed by atoms with Crippen LogP contribution in [0.2, 0.25) is 0 Å². The van der Waals surface area contributed by atoms with Crippen LogP contribution in [0.4, 0.5) is 0 Å². The van der Waals surface area contributed by atoms with E-state index in [0.717, 1.165) is 0 Å². The van der Waals surface area contributed by atoms with Crippen molar-refractivity contribution in [3.05, 3.63) is 13.8 Å². The summed E-state index contributed by atoms with van der Waals surface area (Å²) in [5, 5.41) is 0. The predicted molar refractivity (Wildman–Crippen MR) is 56.5 cm³/mol. The average Bonchev–Trinajstić information content (AvgIpc) is 2.13. The van der Waals surface area contributed by atoms with Crippen LogP contribution in [0.3, 0.4) is 0 Å². The molecule has 0 aromatic carbocycles. The fourth-order valence-corrected chi connectivity index (χ4v) is 0.677. The van der Waals surface area contributed by atoms with Crippen molar-refractivity contribution in [2.45, 2.75) is 59.8 Å². The van der Waals surface area contributed by atoms with Gasteiger partial charge in [-0.2, -0.15) is 13.8 Å². The fraction of sp³-hybridized carbons (Fsp3) is 0.818. The summed E-state index contributed by atoms with van der Waals surface area (Å²) >= 11 is 0. The maximum Gasteiger partial charge on any atom is 2.00 e. The van der Waals surface area contributed by atoms with Crippen LogP contribution in [0.1, 0.15) is 59.8 Å². The molecule has 0 aliphatic carbocycles. The van der Waals surface area contributed by atoms with Crippen LogP contribution in [0.5, 0.6) is 0 Å². The number of hydrogen-bond acceptors (Lipinski definition) is 0. The molecule has 0 N–H and O–H groups in total. The van der Waals surface area contributed by atoms with E-state index in [0.29, 0.717) is 0 Å². The molecular formula is C11H26Zn. The van der Waals surface area contributed by atoms with Crippen LogP contribution >= 0.6 is 0 Å². The van der Waals surface area contributed by atoms with Crippen molar-refractivity contribution < 1.29 is 19.5 Å². The van der Waals surface area contributed by atoms with Crippen molar-refractivity contribution in [1.29, 1.82) is 0 Å². The average molecular weight is 224 g/mol. The van der Waals surface area contributed by atoms with Gasteiger partial charge in [-0.05, 0) is 0 Å². The first kappa shape index (κ1) is 22.9. The van der Waals surface area contributed by atoms with E-state index in [9.17, 15) is 0 Å². The van der Waals surface area contributed by atoms with E-state index in [2.05, 4.69) is 27.7 Å². The van der Waals surface area contributed by atoms with Crippen molar-refractivity contribution in [3.63, 3.8) is 0 Å². The minimum atomic E-state index is 0. The normalized spacial score (nSPS) is 6.50. The molecule has 0 saturated heterocycles. The molecule has 0 nitrogen and oxygen atoms in total. The topological polar surface area (TPSA) is 0 Å². The number of hydrogen-bond donors (Lipinski definition) is 0. The second-order valence-electron chi connectivity index (χ2n) is 2.06. The van der Waals surface area contributed by atoms with Gasteiger partial charge in [0, 0.05) is 0 Å². The molecule has 0 aromatic rings. The Balaban J connectivity index is -0.0000000560. The maximum atomic E-state index is 3.25. The third-order valence-electron chi connectivity index (χ3n) is 1.21. The largest absolute Gasteiger partial charge is 2.00 e. The van der Waals surface area contributed by atoms with Gasteiger partial charge in [0.25, 0.3) is 0 Å². The molecular weight excluding hydrogens is 198 g/mol. The Morgan fingerprint density at radius 2 is 0.917 bits per heavy atom. The van der Waals surface area contributed by atoms with Crippen molar-refractivity contribution >= 4 is 0 Å². The van der Waals surface area contributed by atoms with Crippen LogP contribution in [-0.2, 0) is 19.5 Å². The van der Waals surface area contributed by atoms with Gasteiger partial charge < -0.3 is 13.8 Å². The smallest absolute Gasteiger partial charge is 0.346 e. The van der Waals surface area contributed by atoms with Crippen LogP contribution in [0.15, 0.2) is 0 Å². The van der Waals surface area contributed by atoms with Gasteiger partial charge in [-0.15, -0.1) is 0 Å². The van der Waals surface area contributed by atoms with Crippen molar-refractivity contribution in [3.8, 4) is 0 Å². The molecule has 0 aromatic heterocycles. The maximum absolute atomic E-state index is 3.25. The standard InChI is InChI=1S/C7H16.2C2H5.Zn/c1-3-5-7-6-4-2;2*1-2;/h3-7H2,1-2H3;2*1H2,2H3;/q;2*-1;+2. The Bertz CT molecular complexity index is 24.2. The molecule has 0 atom stereocenters. The van der Waals surface area contributed by atoms with Gasteiger partial charge in [-0.25, -0.2) is 0 Å². The first-order valence-corrected chi connectivity index (χ1v) is 4.83. The zero-order chi connectivity index (χ0) is 9.54. The zero-order valence-corrected chi connectivity index (χ0v) is 12.6. The van der Waals surface area contributed by atoms with E-state index in [-0.39, 0.29) is 19.5 Å². The Morgan fingerprint density at radius 1 is 0.667 bits per heavy atom. The van der Waals surface area contributed by atoms with Gasteiger partial charge in [0.2, 0.25) is 0 Å². The third kappa shape index (κ3) is 46.0. The molecule has 12 heavy (non-hydrogen) atoms. The number of unbranched alkanes of at least 4 members (excludes halogenated alkanes) is 4. The minimum Gasteiger partial charge on any atom is -0.346 e. The van der Waals surface area contributed by atoms with Crippen LogP contribution in [0, 0.1) is 13.8 Å². The first-order chi connectivity index (χ1) is 5.41. The molecule has 0 saturated carbocycles. The third-order valence-corrected chi connectivity index (χ3v) is 1.21. The Morgan fingerprint density at radius 3 is 1.08 bits per heavy atom. The molecule has 0 fully saturated rings. The van der Waals surface area contributed by atoms with E-state index < -0.39 is 0 Å². The van der Waals surface area contributed by atoms with Gasteiger partial charge in [-0.1, -0.05) is 46.0 Å². The summed E-state index contributed by atoms with van der Waals surface area (Å²) in [4.78, 5) is 0. The van der Waals surface area contributed by atoms with E-state index in [4.69, 9.17) is 0 Å². The molecule has 0 aliphatic heterocycles. The first-order valence-electron chi connectivity index (χ1n) is 4.83. The molecule has 0 spiro atoms. The quantitative estimate of drug-likeness (QED) is 0.370. The summed E-state index contributed by atoms with van der Waals surface area (Å²) in [7, 11) is 0. The predicted octanol–water partition coefficient (Wildman–Crippen LogP) is 4.65. The van der Waals surface area contributed by atoms with E-state index >= 15 is 0 Å². The fourth-order valence-electron chi connectivity index (χ4n) is 0.677. The van der Waals surface area contributed by atoms with Crippen LogP contribution < -0.4 is 0 Å². The van der Waals surface area contributed by atoms with Crippen LogP contribution in [-0.4, -0.2) is 0 Å². The summed E-state index contributed by atoms with van der Waals surface area (Å²) < 4.78 is 0. The molecule has 1 heteroatoms.